The molecule has 0 heterocycles. The third kappa shape index (κ3) is 2.49. The molecule has 0 bridgehead atoms. The molecule has 61 valence electrons. The summed E-state index contributed by atoms with van der Waals surface area (Å²) in [5, 5.41) is 0. The Morgan fingerprint density at radius 1 is 1.20 bits per heavy atom. The Balaban J connectivity index is 4.23. The maximum Gasteiger partial charge on any atom is 0.284 e. The zero-order valence-corrected chi connectivity index (χ0v) is 5.17. The van der Waals surface area contributed by atoms with Crippen molar-refractivity contribution in [3.8, 4) is 0 Å². The first-order valence-corrected chi connectivity index (χ1v) is 2.41. The molecule has 0 aliphatic heterocycles. The van der Waals surface area contributed by atoms with Gasteiger partial charge in [0, 0.05) is 13.8 Å². The summed E-state index contributed by atoms with van der Waals surface area (Å²) in [6, 6.07) is 0. The van der Waals surface area contributed by atoms with E-state index in [9.17, 15) is 22.0 Å². The Morgan fingerprint density at radius 2 is 1.50 bits per heavy atom. The summed E-state index contributed by atoms with van der Waals surface area (Å²) in [6.45, 7) is 2.03. The van der Waals surface area contributed by atoms with Gasteiger partial charge in [0.2, 0.25) is 6.17 Å². The van der Waals surface area contributed by atoms with Crippen molar-refractivity contribution in [3.63, 3.8) is 0 Å². The predicted octanol–water partition coefficient (Wildman–Crippen LogP) is 2.45. The second-order valence-electron chi connectivity index (χ2n) is 2.08. The number of alkyl halides is 5. The average molecular weight is 161 g/mol. The van der Waals surface area contributed by atoms with Gasteiger partial charge in [-0.2, -0.15) is 0 Å². The topological polar surface area (TPSA) is 0 Å². The third-order valence-electron chi connectivity index (χ3n) is 0.816. The normalized spacial score (nSPS) is 14.4. The van der Waals surface area contributed by atoms with Gasteiger partial charge in [-0.3, -0.25) is 0 Å². The first kappa shape index (κ1) is 9.65. The first-order chi connectivity index (χ1) is 4.15. The summed E-state index contributed by atoms with van der Waals surface area (Å²) in [5.74, 6) is -8.26. The van der Waals surface area contributed by atoms with Crippen molar-refractivity contribution >= 4 is 0 Å². The van der Waals surface area contributed by atoms with E-state index in [-0.39, 0.29) is 6.92 Å². The number of hydrogen-bond acceptors (Lipinski definition) is 0. The highest BCUT2D eigenvalue weighted by Crippen LogP contribution is 2.32. The van der Waals surface area contributed by atoms with Crippen LogP contribution in [0.5, 0.6) is 0 Å². The molecule has 0 saturated heterocycles. The zero-order valence-electron chi connectivity index (χ0n) is 5.17. The van der Waals surface area contributed by atoms with Crippen LogP contribution in [0.25, 0.3) is 0 Å². The minimum absolute atomic E-state index is 0.0801. The number of rotatable bonds is 2. The van der Waals surface area contributed by atoms with Gasteiger partial charge in [-0.15, -0.1) is 0 Å². The molecular formula is C5H6F5. The molecule has 1 radical (unpaired) electrons. The fourth-order valence-electron chi connectivity index (χ4n) is 0.371. The molecule has 0 rings (SSSR count). The van der Waals surface area contributed by atoms with Crippen molar-refractivity contribution in [2.24, 2.45) is 0 Å². The molecule has 1 atom stereocenters. The summed E-state index contributed by atoms with van der Waals surface area (Å²) in [6.07, 6.45) is -3.51. The molecule has 0 spiro atoms. The van der Waals surface area contributed by atoms with E-state index in [2.05, 4.69) is 0 Å². The summed E-state index contributed by atoms with van der Waals surface area (Å²) in [4.78, 5) is 0. The fraction of sp³-hybridized carbons (Fsp3) is 0.800. The van der Waals surface area contributed by atoms with Crippen molar-refractivity contribution in [2.75, 3.05) is 0 Å². The molecule has 0 fully saturated rings. The van der Waals surface area contributed by atoms with Crippen LogP contribution in [-0.4, -0.2) is 18.0 Å². The van der Waals surface area contributed by atoms with Crippen molar-refractivity contribution in [1.82, 2.24) is 0 Å². The molecule has 0 aromatic heterocycles. The van der Waals surface area contributed by atoms with E-state index in [4.69, 9.17) is 0 Å². The molecule has 0 aliphatic carbocycles. The van der Waals surface area contributed by atoms with Gasteiger partial charge in [-0.25, -0.2) is 22.0 Å². The highest BCUT2D eigenvalue weighted by molar-refractivity contribution is 4.87. The third-order valence-corrected chi connectivity index (χ3v) is 0.816. The predicted molar refractivity (Wildman–Crippen MR) is 25.8 cm³/mol. The van der Waals surface area contributed by atoms with E-state index in [0.717, 1.165) is 0 Å². The molecule has 1 unspecified atom stereocenters. The Bertz CT molecular complexity index is 94.2. The van der Waals surface area contributed by atoms with Crippen LogP contribution in [-0.2, 0) is 0 Å². The van der Waals surface area contributed by atoms with Crippen molar-refractivity contribution in [3.05, 3.63) is 6.92 Å². The summed E-state index contributed by atoms with van der Waals surface area (Å²) >= 11 is 0. The molecule has 0 amide bonds. The summed E-state index contributed by atoms with van der Waals surface area (Å²) in [7, 11) is 0. The van der Waals surface area contributed by atoms with E-state index in [1.165, 1.54) is 0 Å². The molecular weight excluding hydrogens is 155 g/mol. The molecule has 0 N–H and O–H groups in total. The van der Waals surface area contributed by atoms with Crippen molar-refractivity contribution in [2.45, 2.75) is 24.9 Å². The lowest BCUT2D eigenvalue weighted by Crippen LogP contribution is -2.40. The van der Waals surface area contributed by atoms with Gasteiger partial charge in [0.25, 0.3) is 11.8 Å². The van der Waals surface area contributed by atoms with Gasteiger partial charge in [0.15, 0.2) is 0 Å². The maximum atomic E-state index is 11.9. The van der Waals surface area contributed by atoms with Crippen LogP contribution in [0.3, 0.4) is 0 Å². The van der Waals surface area contributed by atoms with E-state index < -0.39 is 18.0 Å². The fourth-order valence-corrected chi connectivity index (χ4v) is 0.371. The van der Waals surface area contributed by atoms with E-state index in [1.54, 1.807) is 0 Å². The molecule has 0 aromatic carbocycles. The largest absolute Gasteiger partial charge is 0.284 e. The second-order valence-corrected chi connectivity index (χ2v) is 2.08. The van der Waals surface area contributed by atoms with Crippen LogP contribution in [0.15, 0.2) is 0 Å². The SMILES string of the molecule is [CH2]C(F)(F)C(F)C(C)(F)F. The van der Waals surface area contributed by atoms with Gasteiger partial charge < -0.3 is 0 Å². The van der Waals surface area contributed by atoms with Crippen LogP contribution < -0.4 is 0 Å². The van der Waals surface area contributed by atoms with E-state index >= 15 is 0 Å². The van der Waals surface area contributed by atoms with Crippen LogP contribution in [0.4, 0.5) is 22.0 Å². The van der Waals surface area contributed by atoms with Gasteiger partial charge in [-0.1, -0.05) is 0 Å². The monoisotopic (exact) mass is 161 g/mol. The van der Waals surface area contributed by atoms with Gasteiger partial charge >= 0.3 is 0 Å². The highest BCUT2D eigenvalue weighted by Gasteiger charge is 2.49. The van der Waals surface area contributed by atoms with Crippen LogP contribution in [0.2, 0.25) is 0 Å². The first-order valence-electron chi connectivity index (χ1n) is 2.41. The Labute approximate surface area is 55.0 Å². The quantitative estimate of drug-likeness (QED) is 0.545. The average Bonchev–Trinajstić information content (AvgIpc) is 1.59. The van der Waals surface area contributed by atoms with Crippen molar-refractivity contribution < 1.29 is 22.0 Å². The zero-order chi connectivity index (χ0) is 8.58. The minimum atomic E-state index is -4.22. The van der Waals surface area contributed by atoms with E-state index in [0.29, 0.717) is 0 Å². The molecule has 0 aliphatic rings. The standard InChI is InChI=1S/C5H6F5/c1-4(7,8)3(6)5(2,9)10/h3H,1H2,2H3. The van der Waals surface area contributed by atoms with Gasteiger partial charge in [0.05, 0.1) is 0 Å². The maximum absolute atomic E-state index is 11.9. The lowest BCUT2D eigenvalue weighted by Gasteiger charge is -2.20. The van der Waals surface area contributed by atoms with Gasteiger partial charge in [-0.05, 0) is 0 Å². The van der Waals surface area contributed by atoms with Crippen LogP contribution in [0, 0.1) is 6.92 Å². The van der Waals surface area contributed by atoms with Crippen LogP contribution >= 0.6 is 0 Å². The van der Waals surface area contributed by atoms with E-state index in [1.807, 2.05) is 6.92 Å². The lowest BCUT2D eigenvalue weighted by atomic mass is 10.1. The molecule has 0 aromatic rings. The van der Waals surface area contributed by atoms with Crippen LogP contribution in [0.1, 0.15) is 6.92 Å². The summed E-state index contributed by atoms with van der Waals surface area (Å²) < 4.78 is 58.6. The van der Waals surface area contributed by atoms with Crippen molar-refractivity contribution in [1.29, 1.82) is 0 Å². The summed E-state index contributed by atoms with van der Waals surface area (Å²) in [5.41, 5.74) is 0. The Morgan fingerprint density at radius 3 is 1.50 bits per heavy atom. The highest BCUT2D eigenvalue weighted by atomic mass is 19.3. The minimum Gasteiger partial charge on any atom is -0.234 e. The smallest absolute Gasteiger partial charge is 0.234 e. The molecule has 10 heavy (non-hydrogen) atoms. The number of halogens is 5. The molecule has 0 nitrogen and oxygen atoms in total. The second kappa shape index (κ2) is 2.36. The Kier molecular flexibility index (Phi) is 2.28. The molecule has 0 saturated carbocycles. The lowest BCUT2D eigenvalue weighted by molar-refractivity contribution is -0.150. The van der Waals surface area contributed by atoms with Gasteiger partial charge in [0.1, 0.15) is 0 Å². The molecule has 5 heteroatoms. The Hall–Kier alpha value is -0.350. The number of hydrogen-bond donors (Lipinski definition) is 0.